The Bertz CT molecular complexity index is 634. The molecule has 1 aromatic rings. The van der Waals surface area contributed by atoms with E-state index in [1.807, 2.05) is 0 Å². The summed E-state index contributed by atoms with van der Waals surface area (Å²) in [5.41, 5.74) is -2.65. The van der Waals surface area contributed by atoms with Crippen molar-refractivity contribution in [2.75, 3.05) is 13.7 Å². The highest BCUT2D eigenvalue weighted by Crippen LogP contribution is 2.54. The Morgan fingerprint density at radius 1 is 1.22 bits per heavy atom. The average Bonchev–Trinajstić information content (AvgIpc) is 2.67. The molecule has 0 bridgehead atoms. The van der Waals surface area contributed by atoms with Crippen LogP contribution in [-0.2, 0) is 19.9 Å². The molecule has 2 fully saturated rings. The van der Waals surface area contributed by atoms with Gasteiger partial charge in [0.15, 0.2) is 11.5 Å². The third-order valence-electron chi connectivity index (χ3n) is 4.43. The summed E-state index contributed by atoms with van der Waals surface area (Å²) in [6.07, 6.45) is 1.36. The lowest BCUT2D eigenvalue weighted by Gasteiger charge is -2.43. The first-order valence-electron chi connectivity index (χ1n) is 7.20. The van der Waals surface area contributed by atoms with E-state index >= 15 is 0 Å². The zero-order valence-electron chi connectivity index (χ0n) is 12.5. The maximum Gasteiger partial charge on any atom is 0.373 e. The van der Waals surface area contributed by atoms with E-state index in [9.17, 15) is 25.2 Å². The van der Waals surface area contributed by atoms with Gasteiger partial charge in [0.1, 0.15) is 0 Å². The smallest absolute Gasteiger partial charge is 0.373 e. The number of aromatic hydroxyl groups is 1. The van der Waals surface area contributed by atoms with Crippen molar-refractivity contribution in [2.45, 2.75) is 36.4 Å². The van der Waals surface area contributed by atoms with Gasteiger partial charge in [0, 0.05) is 12.0 Å². The molecule has 2 atom stereocenters. The number of hydrogen-bond donors (Lipinski definition) is 4. The predicted molar refractivity (Wildman–Crippen MR) is 74.4 cm³/mol. The molecule has 0 saturated carbocycles. The molecular formula is C15H18O8. The predicted octanol–water partition coefficient (Wildman–Crippen LogP) is -0.277. The van der Waals surface area contributed by atoms with Gasteiger partial charge in [-0.3, -0.25) is 0 Å². The molecule has 1 aromatic carbocycles. The fourth-order valence-corrected chi connectivity index (χ4v) is 3.17. The van der Waals surface area contributed by atoms with Gasteiger partial charge < -0.3 is 34.6 Å². The van der Waals surface area contributed by atoms with E-state index in [4.69, 9.17) is 14.2 Å². The lowest BCUT2D eigenvalue weighted by atomic mass is 9.77. The highest BCUT2D eigenvalue weighted by Gasteiger charge is 2.77. The minimum absolute atomic E-state index is 0.00275. The van der Waals surface area contributed by atoms with Crippen LogP contribution in [0, 0.1) is 0 Å². The summed E-state index contributed by atoms with van der Waals surface area (Å²) in [6, 6.07) is 3.67. The van der Waals surface area contributed by atoms with Crippen LogP contribution in [-0.4, -0.2) is 51.7 Å². The van der Waals surface area contributed by atoms with E-state index in [1.165, 1.54) is 25.3 Å². The van der Waals surface area contributed by atoms with Crippen molar-refractivity contribution in [3.8, 4) is 11.5 Å². The van der Waals surface area contributed by atoms with Crippen molar-refractivity contribution in [1.29, 1.82) is 0 Å². The van der Waals surface area contributed by atoms with Crippen LogP contribution in [0.4, 0.5) is 0 Å². The minimum Gasteiger partial charge on any atom is -0.504 e. The highest BCUT2D eigenvalue weighted by atomic mass is 16.8. The van der Waals surface area contributed by atoms with Crippen molar-refractivity contribution in [3.05, 3.63) is 23.8 Å². The highest BCUT2D eigenvalue weighted by molar-refractivity contribution is 5.83. The van der Waals surface area contributed by atoms with Crippen molar-refractivity contribution in [1.82, 2.24) is 0 Å². The maximum atomic E-state index is 11.9. The van der Waals surface area contributed by atoms with Gasteiger partial charge in [-0.2, -0.15) is 0 Å². The topological polar surface area (TPSA) is 126 Å². The standard InChI is InChI=1S/C15H18O8/c1-21-11-8-9(4-5-10(11)16)14(18)13(6-2-3-7-22-13)23-12(17)15(14,19)20/h4-5,8,16,18-20H,2-3,6-7H2,1H3. The van der Waals surface area contributed by atoms with Gasteiger partial charge in [-0.1, -0.05) is 6.07 Å². The second-order valence-electron chi connectivity index (χ2n) is 5.72. The van der Waals surface area contributed by atoms with E-state index in [1.54, 1.807) is 0 Å². The van der Waals surface area contributed by atoms with Crippen LogP contribution in [0.1, 0.15) is 24.8 Å². The Morgan fingerprint density at radius 3 is 2.57 bits per heavy atom. The summed E-state index contributed by atoms with van der Waals surface area (Å²) < 4.78 is 15.5. The average molecular weight is 326 g/mol. The van der Waals surface area contributed by atoms with Crippen molar-refractivity contribution < 1.29 is 39.4 Å². The monoisotopic (exact) mass is 326 g/mol. The lowest BCUT2D eigenvalue weighted by Crippen LogP contribution is -2.62. The SMILES string of the molecule is COc1cc(C2(O)C3(CCCCO3)OC(=O)C2(O)O)ccc1O. The van der Waals surface area contributed by atoms with Gasteiger partial charge in [-0.05, 0) is 25.0 Å². The quantitative estimate of drug-likeness (QED) is 0.432. The molecule has 2 saturated heterocycles. The van der Waals surface area contributed by atoms with Crippen molar-refractivity contribution >= 4 is 5.97 Å². The molecule has 23 heavy (non-hydrogen) atoms. The van der Waals surface area contributed by atoms with Crippen LogP contribution in [0.15, 0.2) is 18.2 Å². The second-order valence-corrected chi connectivity index (χ2v) is 5.72. The van der Waals surface area contributed by atoms with Gasteiger partial charge in [0.2, 0.25) is 5.60 Å². The molecule has 1 spiro atoms. The first kappa shape index (κ1) is 16.0. The number of hydrogen-bond acceptors (Lipinski definition) is 8. The molecule has 0 radical (unpaired) electrons. The molecule has 8 heteroatoms. The van der Waals surface area contributed by atoms with Crippen LogP contribution in [0.25, 0.3) is 0 Å². The number of carbonyl (C=O) groups is 1. The molecule has 2 unspecified atom stereocenters. The Labute approximate surface area is 131 Å². The number of ether oxygens (including phenoxy) is 3. The van der Waals surface area contributed by atoms with Crippen LogP contribution >= 0.6 is 0 Å². The Balaban J connectivity index is 2.19. The molecule has 4 N–H and O–H groups in total. The van der Waals surface area contributed by atoms with E-state index in [0.717, 1.165) is 0 Å². The van der Waals surface area contributed by atoms with Crippen LogP contribution in [0.2, 0.25) is 0 Å². The number of methoxy groups -OCH3 is 1. The summed E-state index contributed by atoms with van der Waals surface area (Å²) in [6.45, 7) is 0.195. The number of esters is 1. The second kappa shape index (κ2) is 5.07. The van der Waals surface area contributed by atoms with Gasteiger partial charge in [0.25, 0.3) is 5.79 Å². The van der Waals surface area contributed by atoms with Crippen molar-refractivity contribution in [2.24, 2.45) is 0 Å². The maximum absolute atomic E-state index is 11.9. The van der Waals surface area contributed by atoms with Gasteiger partial charge in [0.05, 0.1) is 13.7 Å². The summed E-state index contributed by atoms with van der Waals surface area (Å²) in [5, 5.41) is 41.3. The fraction of sp³-hybridized carbons (Fsp3) is 0.533. The molecular weight excluding hydrogens is 308 g/mol. The third-order valence-corrected chi connectivity index (χ3v) is 4.43. The van der Waals surface area contributed by atoms with Crippen LogP contribution < -0.4 is 4.74 Å². The molecule has 2 aliphatic rings. The normalized spacial score (nSPS) is 32.8. The van der Waals surface area contributed by atoms with Gasteiger partial charge in [-0.15, -0.1) is 0 Å². The lowest BCUT2D eigenvalue weighted by molar-refractivity contribution is -0.340. The Kier molecular flexibility index (Phi) is 3.53. The summed E-state index contributed by atoms with van der Waals surface area (Å²) in [5.74, 6) is -6.71. The summed E-state index contributed by atoms with van der Waals surface area (Å²) in [7, 11) is 1.30. The number of benzene rings is 1. The van der Waals surface area contributed by atoms with Gasteiger partial charge in [-0.25, -0.2) is 4.79 Å². The first-order valence-corrected chi connectivity index (χ1v) is 7.20. The molecule has 0 amide bonds. The molecule has 2 aliphatic heterocycles. The van der Waals surface area contributed by atoms with Crippen molar-refractivity contribution in [3.63, 3.8) is 0 Å². The Hall–Kier alpha value is -1.87. The largest absolute Gasteiger partial charge is 0.504 e. The zero-order chi connectivity index (χ0) is 16.9. The number of carbonyl (C=O) groups excluding carboxylic acids is 1. The number of phenolic OH excluding ortho intramolecular Hbond substituents is 1. The van der Waals surface area contributed by atoms with E-state index in [0.29, 0.717) is 12.8 Å². The number of aliphatic hydroxyl groups is 3. The summed E-state index contributed by atoms with van der Waals surface area (Å²) >= 11 is 0. The summed E-state index contributed by atoms with van der Waals surface area (Å²) in [4.78, 5) is 11.9. The molecule has 3 rings (SSSR count). The molecule has 0 aliphatic carbocycles. The fourth-order valence-electron chi connectivity index (χ4n) is 3.17. The molecule has 8 nitrogen and oxygen atoms in total. The number of phenols is 1. The molecule has 0 aromatic heterocycles. The van der Waals surface area contributed by atoms with Crippen LogP contribution in [0.3, 0.4) is 0 Å². The third kappa shape index (κ3) is 1.96. The van der Waals surface area contributed by atoms with E-state index in [2.05, 4.69) is 0 Å². The van der Waals surface area contributed by atoms with Gasteiger partial charge >= 0.3 is 11.8 Å². The molecule has 2 heterocycles. The minimum atomic E-state index is -3.20. The van der Waals surface area contributed by atoms with E-state index < -0.39 is 23.1 Å². The Morgan fingerprint density at radius 2 is 1.96 bits per heavy atom. The first-order chi connectivity index (χ1) is 10.8. The zero-order valence-corrected chi connectivity index (χ0v) is 12.5. The number of rotatable bonds is 2. The van der Waals surface area contributed by atoms with E-state index in [-0.39, 0.29) is 30.1 Å². The molecule has 126 valence electrons. The van der Waals surface area contributed by atoms with Crippen LogP contribution in [0.5, 0.6) is 11.5 Å².